The van der Waals surface area contributed by atoms with Gasteiger partial charge in [-0.2, -0.15) is 0 Å². The van der Waals surface area contributed by atoms with Crippen LogP contribution in [0.1, 0.15) is 29.8 Å². The van der Waals surface area contributed by atoms with Crippen LogP contribution in [0.5, 0.6) is 0 Å². The molecule has 6 heteroatoms. The average Bonchev–Trinajstić information content (AvgIpc) is 2.74. The molecule has 0 saturated heterocycles. The molecular weight excluding hydrogens is 384 g/mol. The Morgan fingerprint density at radius 3 is 2.65 bits per heavy atom. The van der Waals surface area contributed by atoms with Crippen molar-refractivity contribution in [2.75, 3.05) is 6.54 Å². The van der Waals surface area contributed by atoms with Crippen molar-refractivity contribution in [3.63, 3.8) is 0 Å². The highest BCUT2D eigenvalue weighted by Gasteiger charge is 2.18. The Balaban J connectivity index is 2.38. The molecule has 1 heterocycles. The quantitative estimate of drug-likeness (QED) is 0.648. The molecule has 1 atom stereocenters. The summed E-state index contributed by atoms with van der Waals surface area (Å²) < 4.78 is 14.9. The Kier molecular flexibility index (Phi) is 5.87. The number of hydrogen-bond acceptors (Lipinski definition) is 2. The van der Waals surface area contributed by atoms with E-state index < -0.39 is 5.82 Å². The second-order valence-corrected chi connectivity index (χ2v) is 7.28. The minimum Gasteiger partial charge on any atom is -0.306 e. The molecule has 0 aliphatic heterocycles. The minimum absolute atomic E-state index is 0.0400. The first-order valence-corrected chi connectivity index (χ1v) is 8.52. The Labute approximate surface area is 140 Å². The topological polar surface area (TPSA) is 12.0 Å². The third-order valence-electron chi connectivity index (χ3n) is 2.82. The van der Waals surface area contributed by atoms with Crippen molar-refractivity contribution in [1.82, 2.24) is 5.32 Å². The highest BCUT2D eigenvalue weighted by Crippen LogP contribution is 2.38. The summed E-state index contributed by atoms with van der Waals surface area (Å²) in [4.78, 5) is 1.07. The van der Waals surface area contributed by atoms with Crippen LogP contribution in [0.2, 0.25) is 9.36 Å². The van der Waals surface area contributed by atoms with Gasteiger partial charge in [0.15, 0.2) is 0 Å². The van der Waals surface area contributed by atoms with Gasteiger partial charge in [-0.25, -0.2) is 4.39 Å². The summed E-state index contributed by atoms with van der Waals surface area (Å²) in [6.45, 7) is 2.95. The van der Waals surface area contributed by atoms with Crippen LogP contribution in [0.4, 0.5) is 4.39 Å². The standard InChI is InChI=1S/C14H13BrCl2FNS/c1-2-5-19-13(12-7-9(15)14(17)20-12)8-3-4-11(18)10(16)6-8/h3-4,6-7,13,19H,2,5H2,1H3. The Morgan fingerprint density at radius 2 is 2.10 bits per heavy atom. The van der Waals surface area contributed by atoms with E-state index in [0.717, 1.165) is 27.9 Å². The molecule has 108 valence electrons. The number of rotatable bonds is 5. The molecule has 1 N–H and O–H groups in total. The fourth-order valence-electron chi connectivity index (χ4n) is 1.87. The highest BCUT2D eigenvalue weighted by molar-refractivity contribution is 9.10. The fraction of sp³-hybridized carbons (Fsp3) is 0.286. The number of thiophene rings is 1. The highest BCUT2D eigenvalue weighted by atomic mass is 79.9. The fourth-order valence-corrected chi connectivity index (χ4v) is 3.90. The molecular formula is C14H13BrCl2FNS. The second-order valence-electron chi connectivity index (χ2n) is 4.33. The van der Waals surface area contributed by atoms with Gasteiger partial charge in [0.25, 0.3) is 0 Å². The molecule has 0 radical (unpaired) electrons. The lowest BCUT2D eigenvalue weighted by Crippen LogP contribution is -2.22. The molecule has 0 bridgehead atoms. The van der Waals surface area contributed by atoms with Crippen molar-refractivity contribution >= 4 is 50.5 Å². The van der Waals surface area contributed by atoms with Crippen LogP contribution in [0.3, 0.4) is 0 Å². The summed E-state index contributed by atoms with van der Waals surface area (Å²) in [5.41, 5.74) is 0.926. The van der Waals surface area contributed by atoms with E-state index in [1.165, 1.54) is 17.4 Å². The number of hydrogen-bond donors (Lipinski definition) is 1. The molecule has 0 amide bonds. The van der Waals surface area contributed by atoms with Crippen LogP contribution >= 0.6 is 50.5 Å². The maximum atomic E-state index is 13.3. The van der Waals surface area contributed by atoms with E-state index in [2.05, 4.69) is 28.2 Å². The van der Waals surface area contributed by atoms with Gasteiger partial charge in [-0.3, -0.25) is 0 Å². The van der Waals surface area contributed by atoms with Crippen LogP contribution < -0.4 is 5.32 Å². The molecule has 2 aromatic rings. The van der Waals surface area contributed by atoms with E-state index in [9.17, 15) is 4.39 Å². The van der Waals surface area contributed by atoms with Gasteiger partial charge in [0.1, 0.15) is 10.2 Å². The maximum Gasteiger partial charge on any atom is 0.141 e. The largest absolute Gasteiger partial charge is 0.306 e. The van der Waals surface area contributed by atoms with Crippen LogP contribution in [-0.2, 0) is 0 Å². The van der Waals surface area contributed by atoms with E-state index in [1.54, 1.807) is 12.1 Å². The van der Waals surface area contributed by atoms with Gasteiger partial charge in [0.2, 0.25) is 0 Å². The van der Waals surface area contributed by atoms with Crippen LogP contribution in [0.25, 0.3) is 0 Å². The lowest BCUT2D eigenvalue weighted by molar-refractivity contribution is 0.599. The Morgan fingerprint density at radius 1 is 1.35 bits per heavy atom. The zero-order valence-corrected chi connectivity index (χ0v) is 14.6. The molecule has 1 nitrogen and oxygen atoms in total. The van der Waals surface area contributed by atoms with Crippen LogP contribution in [-0.4, -0.2) is 6.54 Å². The van der Waals surface area contributed by atoms with Crippen LogP contribution in [0, 0.1) is 5.82 Å². The first-order valence-electron chi connectivity index (χ1n) is 6.16. The molecule has 0 spiro atoms. The van der Waals surface area contributed by atoms with Crippen molar-refractivity contribution in [3.05, 3.63) is 54.4 Å². The summed E-state index contributed by atoms with van der Waals surface area (Å²) in [5.74, 6) is -0.407. The zero-order chi connectivity index (χ0) is 14.7. The molecule has 2 rings (SSSR count). The van der Waals surface area contributed by atoms with E-state index in [1.807, 2.05) is 6.07 Å². The van der Waals surface area contributed by atoms with E-state index in [4.69, 9.17) is 23.2 Å². The summed E-state index contributed by atoms with van der Waals surface area (Å²) in [5, 5.41) is 3.57. The molecule has 0 saturated carbocycles. The summed E-state index contributed by atoms with van der Waals surface area (Å²) in [6, 6.07) is 6.74. The summed E-state index contributed by atoms with van der Waals surface area (Å²) in [7, 11) is 0. The predicted octanol–water partition coefficient (Wildman–Crippen LogP) is 6.05. The van der Waals surface area contributed by atoms with Crippen molar-refractivity contribution in [2.45, 2.75) is 19.4 Å². The normalized spacial score (nSPS) is 12.7. The molecule has 0 aliphatic carbocycles. The van der Waals surface area contributed by atoms with Gasteiger partial charge in [0, 0.05) is 9.35 Å². The van der Waals surface area contributed by atoms with Crippen LogP contribution in [0.15, 0.2) is 28.7 Å². The molecule has 0 fully saturated rings. The Hall–Kier alpha value is -0.130. The third-order valence-corrected chi connectivity index (χ3v) is 5.65. The lowest BCUT2D eigenvalue weighted by Gasteiger charge is -2.18. The lowest BCUT2D eigenvalue weighted by atomic mass is 10.1. The minimum atomic E-state index is -0.407. The first kappa shape index (κ1) is 16.2. The van der Waals surface area contributed by atoms with Gasteiger partial charge in [-0.1, -0.05) is 36.2 Å². The first-order chi connectivity index (χ1) is 9.52. The molecule has 0 aliphatic rings. The predicted molar refractivity (Wildman–Crippen MR) is 88.6 cm³/mol. The maximum absolute atomic E-state index is 13.3. The third kappa shape index (κ3) is 3.74. The SMILES string of the molecule is CCCNC(c1ccc(F)c(Cl)c1)c1cc(Br)c(Cl)s1. The summed E-state index contributed by atoms with van der Waals surface area (Å²) in [6.07, 6.45) is 1.01. The number of nitrogens with one attached hydrogen (secondary N) is 1. The van der Waals surface area contributed by atoms with Gasteiger partial charge >= 0.3 is 0 Å². The van der Waals surface area contributed by atoms with Gasteiger partial charge in [-0.15, -0.1) is 11.3 Å². The molecule has 1 aromatic heterocycles. The van der Waals surface area contributed by atoms with Crippen molar-refractivity contribution in [3.8, 4) is 0 Å². The van der Waals surface area contributed by atoms with Gasteiger partial charge in [0.05, 0.1) is 11.1 Å². The molecule has 20 heavy (non-hydrogen) atoms. The van der Waals surface area contributed by atoms with E-state index in [-0.39, 0.29) is 11.1 Å². The summed E-state index contributed by atoms with van der Waals surface area (Å²) >= 11 is 16.9. The molecule has 1 unspecified atom stereocenters. The molecule has 1 aromatic carbocycles. The smallest absolute Gasteiger partial charge is 0.141 e. The van der Waals surface area contributed by atoms with E-state index in [0.29, 0.717) is 4.34 Å². The Bertz CT molecular complexity index is 583. The van der Waals surface area contributed by atoms with Gasteiger partial charge < -0.3 is 5.32 Å². The monoisotopic (exact) mass is 395 g/mol. The zero-order valence-electron chi connectivity index (χ0n) is 10.7. The average molecular weight is 397 g/mol. The van der Waals surface area contributed by atoms with Crippen molar-refractivity contribution < 1.29 is 4.39 Å². The number of halogens is 4. The number of benzene rings is 1. The second kappa shape index (κ2) is 7.23. The van der Waals surface area contributed by atoms with Gasteiger partial charge in [-0.05, 0) is 52.7 Å². The van der Waals surface area contributed by atoms with Crippen molar-refractivity contribution in [1.29, 1.82) is 0 Å². The van der Waals surface area contributed by atoms with E-state index >= 15 is 0 Å². The van der Waals surface area contributed by atoms with Crippen molar-refractivity contribution in [2.24, 2.45) is 0 Å².